The van der Waals surface area contributed by atoms with Crippen molar-refractivity contribution in [1.82, 2.24) is 5.32 Å². The molecule has 0 aromatic carbocycles. The lowest BCUT2D eigenvalue weighted by Gasteiger charge is -2.15. The maximum atomic E-state index is 9.46. The molecule has 0 aliphatic heterocycles. The van der Waals surface area contributed by atoms with Crippen molar-refractivity contribution in [2.24, 2.45) is 5.92 Å². The number of nitrogens with one attached hydrogen (secondary N) is 1. The Labute approximate surface area is 102 Å². The summed E-state index contributed by atoms with van der Waals surface area (Å²) in [4.78, 5) is 2.79. The van der Waals surface area contributed by atoms with Crippen molar-refractivity contribution in [1.29, 1.82) is 0 Å². The van der Waals surface area contributed by atoms with Gasteiger partial charge >= 0.3 is 0 Å². The fourth-order valence-corrected chi connectivity index (χ4v) is 3.27. The fraction of sp³-hybridized carbons (Fsp3) is 0.692. The molecule has 1 aromatic rings. The molecule has 3 heteroatoms. The van der Waals surface area contributed by atoms with E-state index in [1.54, 1.807) is 0 Å². The lowest BCUT2D eigenvalue weighted by Crippen LogP contribution is -2.24. The molecule has 1 aliphatic rings. The standard InChI is InChI=1S/C13H21NOS/c1-9-3-6-13(16-9)10(2)14-8-11-4-5-12(15)7-11/h3,6,10-12,14-15H,4-5,7-8H2,1-2H3. The Bertz CT molecular complexity index is 336. The van der Waals surface area contributed by atoms with Gasteiger partial charge in [0.15, 0.2) is 0 Å². The second kappa shape index (κ2) is 5.30. The molecule has 2 nitrogen and oxygen atoms in total. The topological polar surface area (TPSA) is 32.3 Å². The van der Waals surface area contributed by atoms with Crippen LogP contribution in [0.25, 0.3) is 0 Å². The lowest BCUT2D eigenvalue weighted by atomic mass is 10.1. The summed E-state index contributed by atoms with van der Waals surface area (Å²) in [6.45, 7) is 5.40. The van der Waals surface area contributed by atoms with Crippen LogP contribution in [0, 0.1) is 12.8 Å². The van der Waals surface area contributed by atoms with Crippen molar-refractivity contribution in [3.63, 3.8) is 0 Å². The van der Waals surface area contributed by atoms with Crippen LogP contribution < -0.4 is 5.32 Å². The van der Waals surface area contributed by atoms with Gasteiger partial charge in [-0.2, -0.15) is 0 Å². The third-order valence-electron chi connectivity index (χ3n) is 3.41. The second-order valence-electron chi connectivity index (χ2n) is 4.91. The van der Waals surface area contributed by atoms with Gasteiger partial charge in [0.2, 0.25) is 0 Å². The van der Waals surface area contributed by atoms with E-state index in [1.165, 1.54) is 16.2 Å². The number of rotatable bonds is 4. The SMILES string of the molecule is Cc1ccc(C(C)NCC2CCC(O)C2)s1. The van der Waals surface area contributed by atoms with Crippen LogP contribution in [0.3, 0.4) is 0 Å². The molecule has 2 rings (SSSR count). The first kappa shape index (κ1) is 12.1. The van der Waals surface area contributed by atoms with E-state index in [-0.39, 0.29) is 6.10 Å². The van der Waals surface area contributed by atoms with Crippen molar-refractivity contribution in [3.05, 3.63) is 21.9 Å². The molecular weight excluding hydrogens is 218 g/mol. The first-order valence-electron chi connectivity index (χ1n) is 6.13. The number of thiophene rings is 1. The average Bonchev–Trinajstić information content (AvgIpc) is 2.84. The van der Waals surface area contributed by atoms with Gasteiger partial charge < -0.3 is 10.4 Å². The van der Waals surface area contributed by atoms with Gasteiger partial charge in [-0.05, 0) is 57.7 Å². The van der Waals surface area contributed by atoms with Gasteiger partial charge in [0.1, 0.15) is 0 Å². The maximum absolute atomic E-state index is 9.46. The summed E-state index contributed by atoms with van der Waals surface area (Å²) in [6.07, 6.45) is 3.08. The van der Waals surface area contributed by atoms with E-state index >= 15 is 0 Å². The Kier molecular flexibility index (Phi) is 4.00. The molecule has 0 spiro atoms. The highest BCUT2D eigenvalue weighted by atomic mass is 32.1. The number of hydrogen-bond donors (Lipinski definition) is 2. The Hall–Kier alpha value is -0.380. The predicted octanol–water partition coefficient (Wildman–Crippen LogP) is 2.87. The number of aryl methyl sites for hydroxylation is 1. The summed E-state index contributed by atoms with van der Waals surface area (Å²) in [5.41, 5.74) is 0. The largest absolute Gasteiger partial charge is 0.393 e. The summed E-state index contributed by atoms with van der Waals surface area (Å²) >= 11 is 1.87. The molecule has 0 saturated heterocycles. The molecule has 1 heterocycles. The molecule has 3 atom stereocenters. The number of aliphatic hydroxyl groups is 1. The van der Waals surface area contributed by atoms with Crippen LogP contribution in [-0.2, 0) is 0 Å². The zero-order chi connectivity index (χ0) is 11.5. The van der Waals surface area contributed by atoms with Crippen LogP contribution in [0.15, 0.2) is 12.1 Å². The van der Waals surface area contributed by atoms with Crippen molar-refractivity contribution >= 4 is 11.3 Å². The zero-order valence-corrected chi connectivity index (χ0v) is 10.9. The minimum absolute atomic E-state index is 0.0499. The van der Waals surface area contributed by atoms with Gasteiger partial charge in [-0.25, -0.2) is 0 Å². The summed E-state index contributed by atoms with van der Waals surface area (Å²) in [7, 11) is 0. The van der Waals surface area contributed by atoms with Crippen LogP contribution >= 0.6 is 11.3 Å². The molecule has 0 radical (unpaired) electrons. The van der Waals surface area contributed by atoms with Crippen LogP contribution in [0.5, 0.6) is 0 Å². The van der Waals surface area contributed by atoms with Gasteiger partial charge in [-0.1, -0.05) is 0 Å². The molecule has 0 bridgehead atoms. The van der Waals surface area contributed by atoms with E-state index < -0.39 is 0 Å². The summed E-state index contributed by atoms with van der Waals surface area (Å²) in [5, 5.41) is 13.0. The molecule has 1 saturated carbocycles. The number of aliphatic hydroxyl groups excluding tert-OH is 1. The highest BCUT2D eigenvalue weighted by molar-refractivity contribution is 7.12. The number of hydrogen-bond acceptors (Lipinski definition) is 3. The van der Waals surface area contributed by atoms with E-state index in [9.17, 15) is 5.11 Å². The third kappa shape index (κ3) is 3.06. The maximum Gasteiger partial charge on any atom is 0.0543 e. The van der Waals surface area contributed by atoms with E-state index in [2.05, 4.69) is 31.3 Å². The Balaban J connectivity index is 1.77. The van der Waals surface area contributed by atoms with Crippen LogP contribution in [0.4, 0.5) is 0 Å². The Morgan fingerprint density at radius 2 is 2.31 bits per heavy atom. The average molecular weight is 239 g/mol. The van der Waals surface area contributed by atoms with Crippen LogP contribution in [0.2, 0.25) is 0 Å². The van der Waals surface area contributed by atoms with Gasteiger partial charge in [-0.15, -0.1) is 11.3 Å². The monoisotopic (exact) mass is 239 g/mol. The van der Waals surface area contributed by atoms with Crippen LogP contribution in [-0.4, -0.2) is 17.8 Å². The van der Waals surface area contributed by atoms with Crippen molar-refractivity contribution < 1.29 is 5.11 Å². The smallest absolute Gasteiger partial charge is 0.0543 e. The zero-order valence-electron chi connectivity index (χ0n) is 10.1. The van der Waals surface area contributed by atoms with Gasteiger partial charge in [0.25, 0.3) is 0 Å². The van der Waals surface area contributed by atoms with E-state index in [1.807, 2.05) is 11.3 Å². The van der Waals surface area contributed by atoms with Gasteiger partial charge in [-0.3, -0.25) is 0 Å². The van der Waals surface area contributed by atoms with Gasteiger partial charge in [0, 0.05) is 15.8 Å². The predicted molar refractivity (Wildman–Crippen MR) is 68.8 cm³/mol. The summed E-state index contributed by atoms with van der Waals surface area (Å²) in [5.74, 6) is 0.665. The van der Waals surface area contributed by atoms with E-state index in [4.69, 9.17) is 0 Å². The molecule has 1 fully saturated rings. The molecule has 16 heavy (non-hydrogen) atoms. The van der Waals surface area contributed by atoms with Crippen molar-refractivity contribution in [3.8, 4) is 0 Å². The van der Waals surface area contributed by atoms with Crippen molar-refractivity contribution in [2.45, 2.75) is 45.3 Å². The van der Waals surface area contributed by atoms with Gasteiger partial charge in [0.05, 0.1) is 6.10 Å². The molecule has 2 N–H and O–H groups in total. The Morgan fingerprint density at radius 1 is 1.50 bits per heavy atom. The van der Waals surface area contributed by atoms with Crippen molar-refractivity contribution in [2.75, 3.05) is 6.54 Å². The third-order valence-corrected chi connectivity index (χ3v) is 4.60. The summed E-state index contributed by atoms with van der Waals surface area (Å²) < 4.78 is 0. The normalized spacial score (nSPS) is 27.2. The molecule has 90 valence electrons. The highest BCUT2D eigenvalue weighted by Crippen LogP contribution is 2.26. The molecule has 0 amide bonds. The lowest BCUT2D eigenvalue weighted by molar-refractivity contribution is 0.177. The second-order valence-corrected chi connectivity index (χ2v) is 6.23. The first-order chi connectivity index (χ1) is 7.65. The highest BCUT2D eigenvalue weighted by Gasteiger charge is 2.22. The summed E-state index contributed by atoms with van der Waals surface area (Å²) in [6, 6.07) is 4.83. The minimum Gasteiger partial charge on any atom is -0.393 e. The fourth-order valence-electron chi connectivity index (χ4n) is 2.36. The molecule has 3 unspecified atom stereocenters. The van der Waals surface area contributed by atoms with E-state index in [0.29, 0.717) is 12.0 Å². The molecule has 1 aliphatic carbocycles. The first-order valence-corrected chi connectivity index (χ1v) is 6.94. The Morgan fingerprint density at radius 3 is 2.88 bits per heavy atom. The molecule has 1 aromatic heterocycles. The van der Waals surface area contributed by atoms with Crippen LogP contribution in [0.1, 0.15) is 42.0 Å². The van der Waals surface area contributed by atoms with E-state index in [0.717, 1.165) is 19.4 Å². The quantitative estimate of drug-likeness (QED) is 0.847. The minimum atomic E-state index is -0.0499. The molecular formula is C13H21NOS.